The number of aryl methyl sites for hydroxylation is 1. The molecule has 0 aliphatic rings. The summed E-state index contributed by atoms with van der Waals surface area (Å²) in [7, 11) is 0. The fourth-order valence-electron chi connectivity index (χ4n) is 2.17. The number of alkyl halides is 1. The van der Waals surface area contributed by atoms with Crippen LogP contribution in [0.2, 0.25) is 4.34 Å². The standard InChI is InChI=1S/C15H11BrClFN2S/c1-9-6-10(16)2-3-12(9)20-8-11(7-18)19-15(20)13-4-5-14(17)21-13/h2-6,8H,7H2,1H3. The SMILES string of the molecule is Cc1cc(Br)ccc1-n1cc(CF)nc1-c1ccc(Cl)s1. The third kappa shape index (κ3) is 2.91. The Morgan fingerprint density at radius 3 is 2.76 bits per heavy atom. The van der Waals surface area contributed by atoms with Crippen LogP contribution in [0.3, 0.4) is 0 Å². The van der Waals surface area contributed by atoms with E-state index in [2.05, 4.69) is 20.9 Å². The third-order valence-electron chi connectivity index (χ3n) is 3.10. The predicted molar refractivity (Wildman–Crippen MR) is 89.1 cm³/mol. The molecule has 0 aliphatic heterocycles. The highest BCUT2D eigenvalue weighted by Crippen LogP contribution is 2.33. The molecule has 21 heavy (non-hydrogen) atoms. The molecule has 0 amide bonds. The fraction of sp³-hybridized carbons (Fsp3) is 0.133. The van der Waals surface area contributed by atoms with E-state index in [9.17, 15) is 4.39 Å². The van der Waals surface area contributed by atoms with Crippen LogP contribution in [0.15, 0.2) is 41.0 Å². The van der Waals surface area contributed by atoms with Crippen molar-refractivity contribution in [3.05, 3.63) is 56.6 Å². The zero-order chi connectivity index (χ0) is 15.0. The molecule has 0 bridgehead atoms. The van der Waals surface area contributed by atoms with Crippen molar-refractivity contribution >= 4 is 38.9 Å². The zero-order valence-electron chi connectivity index (χ0n) is 11.1. The van der Waals surface area contributed by atoms with Gasteiger partial charge in [0.15, 0.2) is 5.82 Å². The highest BCUT2D eigenvalue weighted by molar-refractivity contribution is 9.10. The molecule has 0 fully saturated rings. The lowest BCUT2D eigenvalue weighted by molar-refractivity contribution is 0.477. The molecule has 2 aromatic heterocycles. The van der Waals surface area contributed by atoms with Gasteiger partial charge in [-0.05, 0) is 42.8 Å². The fourth-order valence-corrected chi connectivity index (χ4v) is 3.68. The molecule has 3 rings (SSSR count). The lowest BCUT2D eigenvalue weighted by Crippen LogP contribution is -1.97. The second-order valence-corrected chi connectivity index (χ2v) is 7.22. The van der Waals surface area contributed by atoms with Gasteiger partial charge < -0.3 is 0 Å². The number of benzene rings is 1. The Morgan fingerprint density at radius 1 is 1.33 bits per heavy atom. The summed E-state index contributed by atoms with van der Waals surface area (Å²) in [5.74, 6) is 0.713. The van der Waals surface area contributed by atoms with Crippen LogP contribution in [-0.2, 0) is 6.67 Å². The van der Waals surface area contributed by atoms with Gasteiger partial charge in [0.2, 0.25) is 0 Å². The van der Waals surface area contributed by atoms with Gasteiger partial charge in [-0.1, -0.05) is 27.5 Å². The summed E-state index contributed by atoms with van der Waals surface area (Å²) in [6.07, 6.45) is 1.74. The van der Waals surface area contributed by atoms with Gasteiger partial charge in [-0.2, -0.15) is 0 Å². The van der Waals surface area contributed by atoms with Crippen LogP contribution in [0.5, 0.6) is 0 Å². The van der Waals surface area contributed by atoms with E-state index in [0.29, 0.717) is 15.9 Å². The molecule has 108 valence electrons. The molecular weight excluding hydrogens is 375 g/mol. The molecule has 0 aliphatic carbocycles. The molecule has 0 saturated heterocycles. The van der Waals surface area contributed by atoms with Gasteiger partial charge in [0.1, 0.15) is 6.67 Å². The molecule has 3 aromatic rings. The zero-order valence-corrected chi connectivity index (χ0v) is 14.3. The Labute approximate surface area is 139 Å². The van der Waals surface area contributed by atoms with Crippen LogP contribution in [0.1, 0.15) is 11.3 Å². The van der Waals surface area contributed by atoms with Crippen LogP contribution in [0.4, 0.5) is 4.39 Å². The first-order chi connectivity index (χ1) is 10.1. The molecular formula is C15H11BrClFN2S. The van der Waals surface area contributed by atoms with Crippen LogP contribution < -0.4 is 0 Å². The van der Waals surface area contributed by atoms with E-state index in [-0.39, 0.29) is 0 Å². The normalized spacial score (nSPS) is 11.0. The predicted octanol–water partition coefficient (Wildman–Crippen LogP) is 5.79. The summed E-state index contributed by atoms with van der Waals surface area (Å²) in [6, 6.07) is 9.70. The van der Waals surface area contributed by atoms with Gasteiger partial charge in [0, 0.05) is 10.7 Å². The van der Waals surface area contributed by atoms with Crippen molar-refractivity contribution < 1.29 is 4.39 Å². The molecule has 2 nitrogen and oxygen atoms in total. The average Bonchev–Trinajstić information content (AvgIpc) is 3.04. The maximum Gasteiger partial charge on any atom is 0.155 e. The van der Waals surface area contributed by atoms with Crippen LogP contribution in [0, 0.1) is 6.92 Å². The average molecular weight is 386 g/mol. The van der Waals surface area contributed by atoms with E-state index in [1.807, 2.05) is 41.8 Å². The Hall–Kier alpha value is -1.17. The molecule has 0 unspecified atom stereocenters. The Morgan fingerprint density at radius 2 is 2.14 bits per heavy atom. The number of halogens is 3. The molecule has 0 N–H and O–H groups in total. The van der Waals surface area contributed by atoms with Crippen molar-refractivity contribution in [1.82, 2.24) is 9.55 Å². The van der Waals surface area contributed by atoms with E-state index in [0.717, 1.165) is 20.6 Å². The molecule has 6 heteroatoms. The molecule has 2 heterocycles. The first-order valence-corrected chi connectivity index (χ1v) is 8.23. The summed E-state index contributed by atoms with van der Waals surface area (Å²) >= 11 is 10.9. The van der Waals surface area contributed by atoms with Gasteiger partial charge in [-0.15, -0.1) is 11.3 Å². The van der Waals surface area contributed by atoms with Gasteiger partial charge in [-0.25, -0.2) is 9.37 Å². The smallest absolute Gasteiger partial charge is 0.155 e. The topological polar surface area (TPSA) is 17.8 Å². The van der Waals surface area contributed by atoms with Crippen LogP contribution in [0.25, 0.3) is 16.4 Å². The summed E-state index contributed by atoms with van der Waals surface area (Å²) in [5, 5.41) is 0. The molecule has 0 atom stereocenters. The Kier molecular flexibility index (Phi) is 4.15. The quantitative estimate of drug-likeness (QED) is 0.557. The largest absolute Gasteiger partial charge is 0.298 e. The second-order valence-electron chi connectivity index (χ2n) is 4.59. The van der Waals surface area contributed by atoms with Crippen molar-refractivity contribution in [3.63, 3.8) is 0 Å². The van der Waals surface area contributed by atoms with E-state index in [1.165, 1.54) is 11.3 Å². The number of hydrogen-bond donors (Lipinski definition) is 0. The molecule has 0 spiro atoms. The Bertz CT molecular complexity index is 797. The number of hydrogen-bond acceptors (Lipinski definition) is 2. The lowest BCUT2D eigenvalue weighted by atomic mass is 10.2. The minimum absolute atomic E-state index is 0.414. The highest BCUT2D eigenvalue weighted by atomic mass is 79.9. The van der Waals surface area contributed by atoms with Crippen LogP contribution in [-0.4, -0.2) is 9.55 Å². The maximum atomic E-state index is 13.0. The summed E-state index contributed by atoms with van der Waals surface area (Å²) in [5.41, 5.74) is 2.47. The number of aromatic nitrogens is 2. The number of imidazole rings is 1. The molecule has 0 radical (unpaired) electrons. The van der Waals surface area contributed by atoms with E-state index >= 15 is 0 Å². The van der Waals surface area contributed by atoms with Crippen molar-refractivity contribution in [1.29, 1.82) is 0 Å². The molecule has 0 saturated carbocycles. The van der Waals surface area contributed by atoms with E-state index in [1.54, 1.807) is 6.20 Å². The van der Waals surface area contributed by atoms with Crippen molar-refractivity contribution in [2.45, 2.75) is 13.6 Å². The monoisotopic (exact) mass is 384 g/mol. The van der Waals surface area contributed by atoms with Crippen molar-refractivity contribution in [3.8, 4) is 16.4 Å². The van der Waals surface area contributed by atoms with Crippen molar-refractivity contribution in [2.75, 3.05) is 0 Å². The van der Waals surface area contributed by atoms with Gasteiger partial charge in [-0.3, -0.25) is 4.57 Å². The lowest BCUT2D eigenvalue weighted by Gasteiger charge is -2.10. The molecule has 1 aromatic carbocycles. The third-order valence-corrected chi connectivity index (χ3v) is 4.83. The van der Waals surface area contributed by atoms with E-state index in [4.69, 9.17) is 11.6 Å². The second kappa shape index (κ2) is 5.91. The summed E-state index contributed by atoms with van der Waals surface area (Å²) < 4.78 is 16.6. The van der Waals surface area contributed by atoms with Gasteiger partial charge >= 0.3 is 0 Å². The first-order valence-electron chi connectivity index (χ1n) is 6.25. The van der Waals surface area contributed by atoms with Crippen molar-refractivity contribution in [2.24, 2.45) is 0 Å². The summed E-state index contributed by atoms with van der Waals surface area (Å²) in [6.45, 7) is 1.43. The number of nitrogens with zero attached hydrogens (tertiary/aromatic N) is 2. The minimum Gasteiger partial charge on any atom is -0.298 e. The maximum absolute atomic E-state index is 13.0. The minimum atomic E-state index is -0.589. The van der Waals surface area contributed by atoms with Crippen LogP contribution >= 0.6 is 38.9 Å². The van der Waals surface area contributed by atoms with E-state index < -0.39 is 6.67 Å². The number of rotatable bonds is 3. The van der Waals surface area contributed by atoms with Gasteiger partial charge in [0.05, 0.1) is 20.6 Å². The number of thiophene rings is 1. The summed E-state index contributed by atoms with van der Waals surface area (Å²) in [4.78, 5) is 5.30. The Balaban J connectivity index is 2.19. The van der Waals surface area contributed by atoms with Gasteiger partial charge in [0.25, 0.3) is 0 Å². The highest BCUT2D eigenvalue weighted by Gasteiger charge is 2.15. The first kappa shape index (κ1) is 14.8.